The summed E-state index contributed by atoms with van der Waals surface area (Å²) in [5.74, 6) is 0.0858. The Hall–Kier alpha value is -1.65. The zero-order valence-electron chi connectivity index (χ0n) is 10.4. The highest BCUT2D eigenvalue weighted by Crippen LogP contribution is 2.36. The zero-order chi connectivity index (χ0) is 15.3. The van der Waals surface area contributed by atoms with E-state index >= 15 is 0 Å². The van der Waals surface area contributed by atoms with Crippen LogP contribution in [-0.4, -0.2) is 31.1 Å². The van der Waals surface area contributed by atoms with E-state index in [1.54, 1.807) is 0 Å². The van der Waals surface area contributed by atoms with Crippen molar-refractivity contribution in [2.75, 3.05) is 13.7 Å². The van der Waals surface area contributed by atoms with Crippen molar-refractivity contribution < 1.29 is 27.8 Å². The molecular formula is C12H11ClF3NO3. The molecule has 1 aromatic carbocycles. The summed E-state index contributed by atoms with van der Waals surface area (Å²) in [6.45, 7) is -0.596. The number of alkyl halides is 3. The fourth-order valence-corrected chi connectivity index (χ4v) is 1.70. The third-order valence-corrected chi connectivity index (χ3v) is 2.53. The van der Waals surface area contributed by atoms with Crippen LogP contribution in [0.2, 0.25) is 5.02 Å². The summed E-state index contributed by atoms with van der Waals surface area (Å²) in [6, 6.07) is 4.47. The van der Waals surface area contributed by atoms with Gasteiger partial charge in [0.15, 0.2) is 11.5 Å². The molecule has 4 nitrogen and oxygen atoms in total. The monoisotopic (exact) mass is 309 g/mol. The van der Waals surface area contributed by atoms with Gasteiger partial charge >= 0.3 is 6.18 Å². The Morgan fingerprint density at radius 3 is 2.60 bits per heavy atom. The number of hydrogen-bond donors (Lipinski definition) is 1. The molecule has 0 amide bonds. The van der Waals surface area contributed by atoms with Crippen molar-refractivity contribution in [2.24, 2.45) is 0 Å². The molecular weight excluding hydrogens is 299 g/mol. The second-order valence-electron chi connectivity index (χ2n) is 3.89. The molecule has 20 heavy (non-hydrogen) atoms. The number of halogens is 4. The van der Waals surface area contributed by atoms with Crippen LogP contribution in [0.1, 0.15) is 12.0 Å². The van der Waals surface area contributed by atoms with Crippen LogP contribution >= 0.6 is 11.6 Å². The lowest BCUT2D eigenvalue weighted by Gasteiger charge is -2.16. The number of hydrogen-bond acceptors (Lipinski definition) is 4. The summed E-state index contributed by atoms with van der Waals surface area (Å²) in [6.07, 6.45) is -7.59. The SMILES string of the molecule is COc1cc(C#N)cc(Cl)c1OC[C@@H](O)CC(F)(F)F. The van der Waals surface area contributed by atoms with Crippen molar-refractivity contribution in [1.29, 1.82) is 5.26 Å². The Balaban J connectivity index is 2.80. The van der Waals surface area contributed by atoms with E-state index in [0.29, 0.717) is 0 Å². The van der Waals surface area contributed by atoms with Crippen LogP contribution in [0.15, 0.2) is 12.1 Å². The molecule has 0 aliphatic rings. The van der Waals surface area contributed by atoms with Gasteiger partial charge in [0.05, 0.1) is 36.3 Å². The van der Waals surface area contributed by atoms with Crippen LogP contribution in [0.5, 0.6) is 11.5 Å². The summed E-state index contributed by atoms with van der Waals surface area (Å²) < 4.78 is 46.1. The molecule has 1 rings (SSSR count). The van der Waals surface area contributed by atoms with E-state index in [1.807, 2.05) is 6.07 Å². The number of aliphatic hydroxyl groups excluding tert-OH is 1. The highest BCUT2D eigenvalue weighted by Gasteiger charge is 2.31. The van der Waals surface area contributed by atoms with Crippen LogP contribution in [-0.2, 0) is 0 Å². The smallest absolute Gasteiger partial charge is 0.391 e. The maximum absolute atomic E-state index is 12.1. The number of aliphatic hydroxyl groups is 1. The topological polar surface area (TPSA) is 62.5 Å². The van der Waals surface area contributed by atoms with Gasteiger partial charge in [-0.3, -0.25) is 0 Å². The Bertz CT molecular complexity index is 514. The first-order chi connectivity index (χ1) is 9.26. The van der Waals surface area contributed by atoms with Crippen LogP contribution in [0.3, 0.4) is 0 Å². The number of rotatable bonds is 5. The standard InChI is InChI=1S/C12H11ClF3NO3/c1-19-10-3-7(5-17)2-9(13)11(10)20-6-8(18)4-12(14,15)16/h2-3,8,18H,4,6H2,1H3/t8-/m0/s1. The van der Waals surface area contributed by atoms with Gasteiger partial charge in [0.25, 0.3) is 0 Å². The third-order valence-electron chi connectivity index (χ3n) is 2.25. The summed E-state index contributed by atoms with van der Waals surface area (Å²) in [4.78, 5) is 0. The molecule has 0 saturated heterocycles. The largest absolute Gasteiger partial charge is 0.493 e. The molecule has 0 bridgehead atoms. The lowest BCUT2D eigenvalue weighted by molar-refractivity contribution is -0.156. The number of methoxy groups -OCH3 is 1. The lowest BCUT2D eigenvalue weighted by atomic mass is 10.2. The van der Waals surface area contributed by atoms with Gasteiger partial charge in [-0.1, -0.05) is 11.6 Å². The summed E-state index contributed by atoms with van der Waals surface area (Å²) >= 11 is 5.85. The second-order valence-corrected chi connectivity index (χ2v) is 4.29. The van der Waals surface area contributed by atoms with E-state index in [4.69, 9.17) is 26.3 Å². The van der Waals surface area contributed by atoms with E-state index in [0.717, 1.165) is 0 Å². The number of benzene rings is 1. The van der Waals surface area contributed by atoms with Crippen molar-refractivity contribution in [3.8, 4) is 17.6 Å². The Labute approximate surface area is 118 Å². The van der Waals surface area contributed by atoms with Crippen molar-refractivity contribution in [1.82, 2.24) is 0 Å². The number of ether oxygens (including phenoxy) is 2. The molecule has 1 atom stereocenters. The first-order valence-electron chi connectivity index (χ1n) is 5.42. The first-order valence-corrected chi connectivity index (χ1v) is 5.80. The van der Waals surface area contributed by atoms with E-state index in [2.05, 4.69) is 0 Å². The Morgan fingerprint density at radius 2 is 2.10 bits per heavy atom. The van der Waals surface area contributed by atoms with Gasteiger partial charge in [0.2, 0.25) is 0 Å². The van der Waals surface area contributed by atoms with E-state index in [9.17, 15) is 18.3 Å². The van der Waals surface area contributed by atoms with Crippen LogP contribution in [0.4, 0.5) is 13.2 Å². The summed E-state index contributed by atoms with van der Waals surface area (Å²) in [5, 5.41) is 18.0. The maximum Gasteiger partial charge on any atom is 0.391 e. The molecule has 0 heterocycles. The molecule has 0 fully saturated rings. The van der Waals surface area contributed by atoms with Crippen molar-refractivity contribution in [2.45, 2.75) is 18.7 Å². The first kappa shape index (κ1) is 16.4. The summed E-state index contributed by atoms with van der Waals surface area (Å²) in [7, 11) is 1.30. The van der Waals surface area contributed by atoms with Crippen molar-refractivity contribution in [3.63, 3.8) is 0 Å². The molecule has 0 aromatic heterocycles. The molecule has 0 spiro atoms. The van der Waals surface area contributed by atoms with Gasteiger partial charge in [-0.2, -0.15) is 18.4 Å². The Morgan fingerprint density at radius 1 is 1.45 bits per heavy atom. The minimum Gasteiger partial charge on any atom is -0.493 e. The van der Waals surface area contributed by atoms with Gasteiger partial charge < -0.3 is 14.6 Å². The fourth-order valence-electron chi connectivity index (χ4n) is 1.43. The molecule has 0 radical (unpaired) electrons. The Kier molecular flexibility index (Phi) is 5.48. The lowest BCUT2D eigenvalue weighted by Crippen LogP contribution is -2.25. The number of nitrogens with zero attached hydrogens (tertiary/aromatic N) is 1. The second kappa shape index (κ2) is 6.68. The van der Waals surface area contributed by atoms with Crippen LogP contribution in [0.25, 0.3) is 0 Å². The maximum atomic E-state index is 12.1. The van der Waals surface area contributed by atoms with Gasteiger partial charge in [-0.15, -0.1) is 0 Å². The fraction of sp³-hybridized carbons (Fsp3) is 0.417. The van der Waals surface area contributed by atoms with E-state index < -0.39 is 25.3 Å². The minimum atomic E-state index is -4.48. The molecule has 1 N–H and O–H groups in total. The molecule has 0 aliphatic carbocycles. The predicted molar refractivity (Wildman–Crippen MR) is 64.9 cm³/mol. The summed E-state index contributed by atoms with van der Waals surface area (Å²) in [5.41, 5.74) is 0.218. The van der Waals surface area contributed by atoms with Crippen molar-refractivity contribution in [3.05, 3.63) is 22.7 Å². The normalized spacial score (nSPS) is 12.7. The highest BCUT2D eigenvalue weighted by atomic mass is 35.5. The van der Waals surface area contributed by atoms with Gasteiger partial charge in [0.1, 0.15) is 6.61 Å². The predicted octanol–water partition coefficient (Wildman–Crippen LogP) is 2.91. The quantitative estimate of drug-likeness (QED) is 0.908. The van der Waals surface area contributed by atoms with Crippen LogP contribution in [0, 0.1) is 11.3 Å². The molecule has 0 aliphatic heterocycles. The van der Waals surface area contributed by atoms with Gasteiger partial charge in [-0.25, -0.2) is 0 Å². The molecule has 110 valence electrons. The highest BCUT2D eigenvalue weighted by molar-refractivity contribution is 6.32. The molecule has 1 aromatic rings. The average molecular weight is 310 g/mol. The van der Waals surface area contributed by atoms with E-state index in [-0.39, 0.29) is 22.1 Å². The van der Waals surface area contributed by atoms with Crippen molar-refractivity contribution >= 4 is 11.6 Å². The number of nitriles is 1. The third kappa shape index (κ3) is 4.79. The molecule has 0 saturated carbocycles. The van der Waals surface area contributed by atoms with Crippen LogP contribution < -0.4 is 9.47 Å². The minimum absolute atomic E-state index is 0.0140. The average Bonchev–Trinajstić information content (AvgIpc) is 2.34. The van der Waals surface area contributed by atoms with Gasteiger partial charge in [-0.05, 0) is 6.07 Å². The molecule has 0 unspecified atom stereocenters. The molecule has 8 heteroatoms. The van der Waals surface area contributed by atoms with E-state index in [1.165, 1.54) is 19.2 Å². The van der Waals surface area contributed by atoms with Gasteiger partial charge in [0, 0.05) is 6.07 Å². The zero-order valence-corrected chi connectivity index (χ0v) is 11.1.